The van der Waals surface area contributed by atoms with Crippen LogP contribution in [0.15, 0.2) is 41.8 Å². The number of hydrogen-bond donors (Lipinski definition) is 3. The molecule has 18 heavy (non-hydrogen) atoms. The first-order valence-corrected chi connectivity index (χ1v) is 6.51. The van der Waals surface area contributed by atoms with Crippen molar-refractivity contribution in [2.75, 3.05) is 18.1 Å². The molecule has 4 N–H and O–H groups in total. The van der Waals surface area contributed by atoms with E-state index in [1.165, 1.54) is 11.8 Å². The molecule has 0 saturated heterocycles. The van der Waals surface area contributed by atoms with Crippen molar-refractivity contribution in [2.24, 2.45) is 0 Å². The smallest absolute Gasteiger partial charge is 0.165 e. The van der Waals surface area contributed by atoms with Crippen molar-refractivity contribution in [2.45, 2.75) is 11.3 Å². The van der Waals surface area contributed by atoms with Gasteiger partial charge in [0.15, 0.2) is 5.16 Å². The number of rotatable bonds is 6. The molecular weight excluding hydrogens is 250 g/mol. The molecule has 5 nitrogen and oxygen atoms in total. The summed E-state index contributed by atoms with van der Waals surface area (Å²) in [5.41, 5.74) is 6.26. The van der Waals surface area contributed by atoms with Gasteiger partial charge in [-0.05, 0) is 24.3 Å². The lowest BCUT2D eigenvalue weighted by Gasteiger charge is -2.11. The Bertz CT molecular complexity index is 459. The number of aliphatic hydroxyl groups excluding tert-OH is 1. The molecule has 2 aromatic rings. The standard InChI is InChI=1S/C12H15N3O2S/c13-9-1-3-11(4-2-9)17-7-10(16)8-18-12-14-5-6-15-12/h1-6,10,16H,7-8,13H2,(H,14,15). The molecule has 0 aliphatic rings. The van der Waals surface area contributed by atoms with Gasteiger partial charge in [-0.1, -0.05) is 11.8 Å². The second-order valence-corrected chi connectivity index (χ2v) is 4.75. The highest BCUT2D eigenvalue weighted by Gasteiger charge is 2.07. The molecular formula is C12H15N3O2S. The summed E-state index contributed by atoms with van der Waals surface area (Å²) in [6, 6.07) is 7.09. The van der Waals surface area contributed by atoms with Crippen LogP contribution in [0.5, 0.6) is 5.75 Å². The van der Waals surface area contributed by atoms with E-state index >= 15 is 0 Å². The first-order chi connectivity index (χ1) is 8.74. The number of anilines is 1. The van der Waals surface area contributed by atoms with Crippen LogP contribution in [0.1, 0.15) is 0 Å². The van der Waals surface area contributed by atoms with Gasteiger partial charge in [0.25, 0.3) is 0 Å². The predicted molar refractivity (Wildman–Crippen MR) is 71.7 cm³/mol. The number of aromatic nitrogens is 2. The van der Waals surface area contributed by atoms with Crippen molar-refractivity contribution in [3.63, 3.8) is 0 Å². The fourth-order valence-corrected chi connectivity index (χ4v) is 2.04. The van der Waals surface area contributed by atoms with E-state index in [9.17, 15) is 5.11 Å². The minimum atomic E-state index is -0.544. The Kier molecular flexibility index (Phi) is 4.49. The number of thioether (sulfide) groups is 1. The van der Waals surface area contributed by atoms with Crippen LogP contribution in [0.2, 0.25) is 0 Å². The van der Waals surface area contributed by atoms with Crippen LogP contribution in [0.4, 0.5) is 5.69 Å². The SMILES string of the molecule is Nc1ccc(OCC(O)CSc2ncc[nH]2)cc1. The molecule has 0 radical (unpaired) electrons. The average molecular weight is 265 g/mol. The van der Waals surface area contributed by atoms with Gasteiger partial charge in [-0.2, -0.15) is 0 Å². The summed E-state index contributed by atoms with van der Waals surface area (Å²) < 4.78 is 5.44. The molecule has 1 atom stereocenters. The lowest BCUT2D eigenvalue weighted by molar-refractivity contribution is 0.126. The van der Waals surface area contributed by atoms with Crippen LogP contribution in [0, 0.1) is 0 Å². The number of imidazole rings is 1. The van der Waals surface area contributed by atoms with Crippen LogP contribution < -0.4 is 10.5 Å². The van der Waals surface area contributed by atoms with Crippen molar-refractivity contribution >= 4 is 17.4 Å². The fraction of sp³-hybridized carbons (Fsp3) is 0.250. The van der Waals surface area contributed by atoms with E-state index in [0.29, 0.717) is 17.2 Å². The summed E-state index contributed by atoms with van der Waals surface area (Å²) in [4.78, 5) is 7.02. The summed E-state index contributed by atoms with van der Waals surface area (Å²) in [5.74, 6) is 1.23. The number of aliphatic hydroxyl groups is 1. The molecule has 1 aromatic heterocycles. The maximum atomic E-state index is 9.75. The van der Waals surface area contributed by atoms with Gasteiger partial charge in [0.05, 0.1) is 6.10 Å². The van der Waals surface area contributed by atoms with Crippen LogP contribution >= 0.6 is 11.8 Å². The van der Waals surface area contributed by atoms with E-state index in [4.69, 9.17) is 10.5 Å². The lowest BCUT2D eigenvalue weighted by Crippen LogP contribution is -2.20. The molecule has 0 amide bonds. The van der Waals surface area contributed by atoms with Gasteiger partial charge in [-0.3, -0.25) is 0 Å². The van der Waals surface area contributed by atoms with E-state index in [-0.39, 0.29) is 6.61 Å². The van der Waals surface area contributed by atoms with E-state index in [1.807, 2.05) is 0 Å². The fourth-order valence-electron chi connectivity index (χ4n) is 1.31. The van der Waals surface area contributed by atoms with E-state index in [0.717, 1.165) is 5.16 Å². The van der Waals surface area contributed by atoms with Crippen LogP contribution in [-0.2, 0) is 0 Å². The van der Waals surface area contributed by atoms with Gasteiger partial charge in [0.1, 0.15) is 12.4 Å². The Morgan fingerprint density at radius 2 is 2.17 bits per heavy atom. The summed E-state index contributed by atoms with van der Waals surface area (Å²) in [7, 11) is 0. The Balaban J connectivity index is 1.71. The maximum Gasteiger partial charge on any atom is 0.165 e. The Morgan fingerprint density at radius 1 is 1.39 bits per heavy atom. The second kappa shape index (κ2) is 6.32. The quantitative estimate of drug-likeness (QED) is 0.545. The van der Waals surface area contributed by atoms with Gasteiger partial charge in [0, 0.05) is 23.8 Å². The number of benzene rings is 1. The number of nitrogens with zero attached hydrogens (tertiary/aromatic N) is 1. The zero-order chi connectivity index (χ0) is 12.8. The third-order valence-electron chi connectivity index (χ3n) is 2.21. The first kappa shape index (κ1) is 12.8. The highest BCUT2D eigenvalue weighted by Crippen LogP contribution is 2.15. The zero-order valence-corrected chi connectivity index (χ0v) is 10.6. The van der Waals surface area contributed by atoms with Crippen molar-refractivity contribution < 1.29 is 9.84 Å². The number of aromatic amines is 1. The highest BCUT2D eigenvalue weighted by atomic mass is 32.2. The third kappa shape index (κ3) is 3.97. The van der Waals surface area contributed by atoms with Crippen LogP contribution in [0.3, 0.4) is 0 Å². The maximum absolute atomic E-state index is 9.75. The Morgan fingerprint density at radius 3 is 2.83 bits per heavy atom. The highest BCUT2D eigenvalue weighted by molar-refractivity contribution is 7.99. The molecule has 0 fully saturated rings. The Hall–Kier alpha value is -1.66. The minimum Gasteiger partial charge on any atom is -0.491 e. The van der Waals surface area contributed by atoms with Gasteiger partial charge in [-0.25, -0.2) is 4.98 Å². The first-order valence-electron chi connectivity index (χ1n) is 5.52. The summed E-state index contributed by atoms with van der Waals surface area (Å²) in [6.07, 6.45) is 2.89. The third-order valence-corrected chi connectivity index (χ3v) is 3.26. The molecule has 0 spiro atoms. The molecule has 0 saturated carbocycles. The Labute approximate surface area is 109 Å². The van der Waals surface area contributed by atoms with Crippen molar-refractivity contribution in [3.8, 4) is 5.75 Å². The summed E-state index contributed by atoms with van der Waals surface area (Å²) in [5, 5.41) is 10.5. The summed E-state index contributed by atoms with van der Waals surface area (Å²) >= 11 is 1.46. The van der Waals surface area contributed by atoms with E-state index in [1.54, 1.807) is 36.7 Å². The molecule has 2 rings (SSSR count). The number of hydrogen-bond acceptors (Lipinski definition) is 5. The number of nitrogen functional groups attached to an aromatic ring is 1. The molecule has 0 bridgehead atoms. The largest absolute Gasteiger partial charge is 0.491 e. The normalized spacial score (nSPS) is 12.3. The molecule has 1 heterocycles. The average Bonchev–Trinajstić information content (AvgIpc) is 2.89. The molecule has 1 aromatic carbocycles. The van der Waals surface area contributed by atoms with E-state index < -0.39 is 6.10 Å². The van der Waals surface area contributed by atoms with Gasteiger partial charge in [0.2, 0.25) is 0 Å². The number of nitrogens with two attached hydrogens (primary N) is 1. The van der Waals surface area contributed by atoms with E-state index in [2.05, 4.69) is 9.97 Å². The minimum absolute atomic E-state index is 0.248. The van der Waals surface area contributed by atoms with Crippen LogP contribution in [-0.4, -0.2) is 33.5 Å². The number of H-pyrrole nitrogens is 1. The predicted octanol–water partition coefficient (Wildman–Crippen LogP) is 1.52. The summed E-state index contributed by atoms with van der Waals surface area (Å²) in [6.45, 7) is 0.248. The van der Waals surface area contributed by atoms with Gasteiger partial charge >= 0.3 is 0 Å². The van der Waals surface area contributed by atoms with Gasteiger partial charge in [-0.15, -0.1) is 0 Å². The molecule has 96 valence electrons. The molecule has 6 heteroatoms. The topological polar surface area (TPSA) is 84.2 Å². The van der Waals surface area contributed by atoms with Crippen molar-refractivity contribution in [1.29, 1.82) is 0 Å². The lowest BCUT2D eigenvalue weighted by atomic mass is 10.3. The molecule has 0 aliphatic heterocycles. The zero-order valence-electron chi connectivity index (χ0n) is 9.74. The number of nitrogens with one attached hydrogen (secondary N) is 1. The molecule has 0 aliphatic carbocycles. The van der Waals surface area contributed by atoms with Crippen molar-refractivity contribution in [1.82, 2.24) is 9.97 Å². The second-order valence-electron chi connectivity index (χ2n) is 3.74. The van der Waals surface area contributed by atoms with Crippen LogP contribution in [0.25, 0.3) is 0 Å². The monoisotopic (exact) mass is 265 g/mol. The number of ether oxygens (including phenoxy) is 1. The van der Waals surface area contributed by atoms with Gasteiger partial charge < -0.3 is 20.6 Å². The molecule has 1 unspecified atom stereocenters. The van der Waals surface area contributed by atoms with Crippen molar-refractivity contribution in [3.05, 3.63) is 36.7 Å².